The van der Waals surface area contributed by atoms with Gasteiger partial charge in [0.1, 0.15) is 0 Å². The van der Waals surface area contributed by atoms with Crippen molar-refractivity contribution in [2.45, 2.75) is 24.5 Å². The van der Waals surface area contributed by atoms with Gasteiger partial charge in [-0.25, -0.2) is 0 Å². The van der Waals surface area contributed by atoms with Gasteiger partial charge < -0.3 is 0 Å². The van der Waals surface area contributed by atoms with Crippen LogP contribution in [-0.4, -0.2) is 71.6 Å². The Bertz CT molecular complexity index is 825. The van der Waals surface area contributed by atoms with E-state index in [0.717, 1.165) is 16.9 Å². The fraction of sp³-hybridized carbons (Fsp3) is 0.417. The van der Waals surface area contributed by atoms with Crippen LogP contribution in [0.5, 0.6) is 0 Å². The zero-order chi connectivity index (χ0) is 16.0. The maximum atomic E-state index is 12.0. The van der Waals surface area contributed by atoms with Crippen LogP contribution in [0.2, 0.25) is 0 Å². The van der Waals surface area contributed by atoms with Crippen LogP contribution in [0, 0.1) is 11.3 Å². The third-order valence-corrected chi connectivity index (χ3v) is 4.19. The third kappa shape index (κ3) is 2.17. The molecular formula is C12H13AsN4O5. The zero-order valence-electron chi connectivity index (χ0n) is 11.2. The number of nitrogens with one attached hydrogen (secondary N) is 1. The average Bonchev–Trinajstić information content (AvgIpc) is 2.98. The van der Waals surface area contributed by atoms with Crippen LogP contribution >= 0.6 is 0 Å². The molecule has 2 aromatic rings. The molecule has 0 aromatic carbocycles. The standard InChI is InChI=1S/C12H13AsN4O5/c13-12-15-9-6(10(21)16-12)4(1-14)2-17(9)11-8(20)7(19)5(3-18)22-11/h2,5,7-8,11,18-20H,3,13H2,(H,15,16,21)/t5-,7-,8-,11-/m1/s1. The van der Waals surface area contributed by atoms with Gasteiger partial charge in [0.25, 0.3) is 0 Å². The van der Waals surface area contributed by atoms with Crippen molar-refractivity contribution in [1.82, 2.24) is 14.5 Å². The summed E-state index contributed by atoms with van der Waals surface area (Å²) in [5.41, 5.74) is -0.171. The summed E-state index contributed by atoms with van der Waals surface area (Å²) in [5, 5.41) is 38.3. The monoisotopic (exact) mass is 368 g/mol. The van der Waals surface area contributed by atoms with Crippen LogP contribution < -0.4 is 10.2 Å². The Balaban J connectivity index is 2.20. The molecule has 0 bridgehead atoms. The molecule has 3 heterocycles. The molecular weight excluding hydrogens is 355 g/mol. The summed E-state index contributed by atoms with van der Waals surface area (Å²) in [5.74, 6) is 0. The van der Waals surface area contributed by atoms with E-state index >= 15 is 0 Å². The second-order valence-corrected chi connectivity index (χ2v) is 6.09. The molecule has 1 aliphatic rings. The molecule has 0 radical (unpaired) electrons. The van der Waals surface area contributed by atoms with Crippen LogP contribution in [0.1, 0.15) is 11.8 Å². The number of rotatable bonds is 2. The van der Waals surface area contributed by atoms with Gasteiger partial charge in [0, 0.05) is 0 Å². The number of nitrogens with zero attached hydrogens (tertiary/aromatic N) is 3. The van der Waals surface area contributed by atoms with Crippen molar-refractivity contribution < 1.29 is 20.1 Å². The van der Waals surface area contributed by atoms with Crippen LogP contribution in [0.3, 0.4) is 0 Å². The van der Waals surface area contributed by atoms with Crippen LogP contribution in [0.25, 0.3) is 11.0 Å². The third-order valence-electron chi connectivity index (χ3n) is 3.61. The first-order valence-corrected chi connectivity index (χ1v) is 7.62. The summed E-state index contributed by atoms with van der Waals surface area (Å²) < 4.78 is 7.17. The molecule has 10 heteroatoms. The van der Waals surface area contributed by atoms with Gasteiger partial charge in [-0.05, 0) is 0 Å². The molecule has 0 aliphatic carbocycles. The summed E-state index contributed by atoms with van der Waals surface area (Å²) in [6.07, 6.45) is -3.23. The molecule has 9 nitrogen and oxygen atoms in total. The van der Waals surface area contributed by atoms with Crippen molar-refractivity contribution in [2.75, 3.05) is 6.61 Å². The molecule has 1 fully saturated rings. The van der Waals surface area contributed by atoms with Crippen molar-refractivity contribution in [3.8, 4) is 6.07 Å². The first-order valence-electron chi connectivity index (χ1n) is 6.40. The first kappa shape index (κ1) is 15.2. The number of ether oxygens (including phenoxy) is 1. The number of aromatic amines is 1. The van der Waals surface area contributed by atoms with Crippen LogP contribution in [0.4, 0.5) is 0 Å². The molecule has 2 aromatic heterocycles. The number of aliphatic hydroxyl groups is 3. The molecule has 3 rings (SSSR count). The topological polar surface area (TPSA) is 144 Å². The van der Waals surface area contributed by atoms with Gasteiger partial charge in [-0.15, -0.1) is 0 Å². The fourth-order valence-electron chi connectivity index (χ4n) is 2.56. The van der Waals surface area contributed by atoms with Crippen LogP contribution in [-0.2, 0) is 4.74 Å². The number of fused-ring (bicyclic) bond motifs is 1. The predicted molar refractivity (Wildman–Crippen MR) is 76.3 cm³/mol. The summed E-state index contributed by atoms with van der Waals surface area (Å²) in [6, 6.07) is 1.90. The zero-order valence-corrected chi connectivity index (χ0v) is 13.6. The number of hydrogen-bond donors (Lipinski definition) is 4. The predicted octanol–water partition coefficient (Wildman–Crippen LogP) is -3.53. The van der Waals surface area contributed by atoms with Crippen molar-refractivity contribution in [3.05, 3.63) is 22.1 Å². The molecule has 0 amide bonds. The molecule has 4 N–H and O–H groups in total. The molecule has 1 aliphatic heterocycles. The number of hydrogen-bond acceptors (Lipinski definition) is 7. The van der Waals surface area contributed by atoms with Crippen LogP contribution in [0.15, 0.2) is 11.0 Å². The van der Waals surface area contributed by atoms with Crippen molar-refractivity contribution >= 4 is 32.5 Å². The first-order chi connectivity index (χ1) is 10.5. The second-order valence-electron chi connectivity index (χ2n) is 4.94. The van der Waals surface area contributed by atoms with Gasteiger partial charge in [0.05, 0.1) is 0 Å². The Labute approximate surface area is 132 Å². The number of nitriles is 1. The van der Waals surface area contributed by atoms with E-state index in [2.05, 4.69) is 9.97 Å². The van der Waals surface area contributed by atoms with Gasteiger partial charge in [-0.1, -0.05) is 0 Å². The van der Waals surface area contributed by atoms with E-state index in [0.29, 0.717) is 4.61 Å². The van der Waals surface area contributed by atoms with E-state index in [-0.39, 0.29) is 16.6 Å². The number of H-pyrrole nitrogens is 1. The minimum atomic E-state index is -1.31. The SMILES string of the molecule is N#Cc1cn([C@@H]2O[C@H](CO)[C@@H](O)[C@H]2O)c2nc([AsH2])[nH]c(=O)c12. The molecule has 5 atom stereocenters. The number of aliphatic hydroxyl groups excluding tert-OH is 3. The molecule has 116 valence electrons. The Kier molecular flexibility index (Phi) is 3.80. The van der Waals surface area contributed by atoms with E-state index < -0.39 is 36.7 Å². The summed E-state index contributed by atoms with van der Waals surface area (Å²) in [7, 11) is 0. The second kappa shape index (κ2) is 5.50. The number of aromatic nitrogens is 3. The molecule has 0 spiro atoms. The quantitative estimate of drug-likeness (QED) is 0.402. The summed E-state index contributed by atoms with van der Waals surface area (Å²) >= 11 is 1.10. The Morgan fingerprint density at radius 2 is 2.23 bits per heavy atom. The van der Waals surface area contributed by atoms with Gasteiger partial charge in [-0.2, -0.15) is 0 Å². The van der Waals surface area contributed by atoms with Crippen molar-refractivity contribution in [3.63, 3.8) is 0 Å². The van der Waals surface area contributed by atoms with Gasteiger partial charge >= 0.3 is 132 Å². The normalized spacial score (nSPS) is 28.1. The summed E-state index contributed by atoms with van der Waals surface area (Å²) in [4.78, 5) is 18.8. The van der Waals surface area contributed by atoms with Gasteiger partial charge in [0.2, 0.25) is 0 Å². The maximum absolute atomic E-state index is 12.0. The summed E-state index contributed by atoms with van der Waals surface area (Å²) in [6.45, 7) is -0.463. The van der Waals surface area contributed by atoms with E-state index in [4.69, 9.17) is 15.1 Å². The molecule has 1 unspecified atom stereocenters. The van der Waals surface area contributed by atoms with Crippen molar-refractivity contribution in [1.29, 1.82) is 5.26 Å². The fourth-order valence-corrected chi connectivity index (χ4v) is 3.09. The minimum absolute atomic E-state index is 0.0917. The Morgan fingerprint density at radius 3 is 2.82 bits per heavy atom. The Hall–Kier alpha value is -1.69. The Morgan fingerprint density at radius 1 is 1.50 bits per heavy atom. The van der Waals surface area contributed by atoms with E-state index in [1.54, 1.807) is 0 Å². The molecule has 1 saturated heterocycles. The van der Waals surface area contributed by atoms with E-state index in [1.807, 2.05) is 6.07 Å². The average molecular weight is 368 g/mol. The van der Waals surface area contributed by atoms with Crippen molar-refractivity contribution in [2.24, 2.45) is 0 Å². The van der Waals surface area contributed by atoms with E-state index in [1.165, 1.54) is 10.8 Å². The molecule has 22 heavy (non-hydrogen) atoms. The molecule has 0 saturated carbocycles. The van der Waals surface area contributed by atoms with Gasteiger partial charge in [0.15, 0.2) is 0 Å². The van der Waals surface area contributed by atoms with Gasteiger partial charge in [-0.3, -0.25) is 0 Å². The van der Waals surface area contributed by atoms with E-state index in [9.17, 15) is 15.0 Å².